The van der Waals surface area contributed by atoms with Gasteiger partial charge in [0.25, 0.3) is 0 Å². The van der Waals surface area contributed by atoms with Gasteiger partial charge in [-0.25, -0.2) is 32.1 Å². The minimum Gasteiger partial charge on any atom is -0.388 e. The molecule has 0 aliphatic carbocycles. The maximum Gasteiger partial charge on any atom is 0.238 e. The lowest BCUT2D eigenvalue weighted by Gasteiger charge is -2.08. The molecule has 0 aromatic heterocycles. The maximum atomic E-state index is 11.2. The van der Waals surface area contributed by atoms with Gasteiger partial charge in [-0.2, -0.15) is 0 Å². The van der Waals surface area contributed by atoms with Crippen LogP contribution in [0.15, 0.2) is 63.3 Å². The van der Waals surface area contributed by atoms with Crippen molar-refractivity contribution < 1.29 is 21.9 Å². The number of aliphatic imine (C=N–C) groups is 1. The molecular formula is C14H16N4O5S2. The third-order valence-corrected chi connectivity index (χ3v) is 4.91. The van der Waals surface area contributed by atoms with Crippen molar-refractivity contribution in [3.05, 3.63) is 48.5 Å². The highest BCUT2D eigenvalue weighted by molar-refractivity contribution is 7.89. The fraction of sp³-hybridized carbons (Fsp3) is 0.0714. The van der Waals surface area contributed by atoms with Crippen LogP contribution in [0.4, 0.5) is 11.4 Å². The smallest absolute Gasteiger partial charge is 0.238 e. The van der Waals surface area contributed by atoms with Gasteiger partial charge in [-0.1, -0.05) is 0 Å². The number of hydrogen-bond acceptors (Lipinski definition) is 6. The Labute approximate surface area is 145 Å². The highest BCUT2D eigenvalue weighted by Gasteiger charge is 2.08. The Morgan fingerprint density at radius 1 is 0.880 bits per heavy atom. The van der Waals surface area contributed by atoms with Crippen molar-refractivity contribution in [2.24, 2.45) is 15.3 Å². The number of rotatable bonds is 5. The molecule has 0 atom stereocenters. The summed E-state index contributed by atoms with van der Waals surface area (Å²) in [5.74, 6) is 0.173. The second kappa shape index (κ2) is 7.29. The molecule has 25 heavy (non-hydrogen) atoms. The number of primary sulfonamides is 2. The number of hydrogen-bond donors (Lipinski definition) is 4. The summed E-state index contributed by atoms with van der Waals surface area (Å²) in [6.45, 7) is -0.423. The van der Waals surface area contributed by atoms with Crippen molar-refractivity contribution in [2.45, 2.75) is 9.79 Å². The molecule has 0 unspecified atom stereocenters. The predicted octanol–water partition coefficient (Wildman–Crippen LogP) is 0.116. The quantitative estimate of drug-likeness (QED) is 0.422. The van der Waals surface area contributed by atoms with Crippen LogP contribution in [0.5, 0.6) is 0 Å². The topological polar surface area (TPSA) is 165 Å². The first kappa shape index (κ1) is 19.0. The van der Waals surface area contributed by atoms with Crippen molar-refractivity contribution in [1.82, 2.24) is 0 Å². The van der Waals surface area contributed by atoms with Crippen LogP contribution in [0.2, 0.25) is 0 Å². The Balaban J connectivity index is 2.20. The van der Waals surface area contributed by atoms with Gasteiger partial charge in [-0.05, 0) is 48.5 Å². The van der Waals surface area contributed by atoms with Crippen LogP contribution < -0.4 is 15.6 Å². The highest BCUT2D eigenvalue weighted by Crippen LogP contribution is 2.17. The maximum absolute atomic E-state index is 11.2. The molecule has 2 aromatic carbocycles. The van der Waals surface area contributed by atoms with Gasteiger partial charge >= 0.3 is 0 Å². The number of amidine groups is 1. The number of nitrogens with zero attached hydrogens (tertiary/aromatic N) is 1. The summed E-state index contributed by atoms with van der Waals surface area (Å²) >= 11 is 0. The van der Waals surface area contributed by atoms with Gasteiger partial charge in [0.1, 0.15) is 12.4 Å². The van der Waals surface area contributed by atoms with Gasteiger partial charge in [0.2, 0.25) is 20.0 Å². The van der Waals surface area contributed by atoms with Gasteiger partial charge in [-0.3, -0.25) is 0 Å². The zero-order valence-corrected chi connectivity index (χ0v) is 14.5. The Morgan fingerprint density at radius 3 is 1.72 bits per heavy atom. The lowest BCUT2D eigenvalue weighted by molar-refractivity contribution is 0.357. The van der Waals surface area contributed by atoms with Gasteiger partial charge in [0.15, 0.2) is 0 Å². The van der Waals surface area contributed by atoms with E-state index in [0.29, 0.717) is 11.4 Å². The van der Waals surface area contributed by atoms with Gasteiger partial charge in [0, 0.05) is 5.69 Å². The molecule has 0 radical (unpaired) electrons. The number of benzene rings is 2. The molecule has 0 heterocycles. The van der Waals surface area contributed by atoms with Crippen molar-refractivity contribution in [3.63, 3.8) is 0 Å². The van der Waals surface area contributed by atoms with E-state index in [1.54, 1.807) is 0 Å². The van der Waals surface area contributed by atoms with Crippen LogP contribution in [0.3, 0.4) is 0 Å². The standard InChI is InChI=1S/C14H16N4O5S2/c15-24(20,21)12-5-1-10(2-6-12)17-14(9-19)18-11-3-7-13(8-4-11)25(16,22)23/h1-8,19H,9H2,(H,17,18)(H2,15,20,21)(H2,16,22,23). The van der Waals surface area contributed by atoms with E-state index < -0.39 is 26.7 Å². The molecule has 0 spiro atoms. The van der Waals surface area contributed by atoms with E-state index in [-0.39, 0.29) is 15.6 Å². The lowest BCUT2D eigenvalue weighted by Crippen LogP contribution is -2.16. The monoisotopic (exact) mass is 384 g/mol. The van der Waals surface area contributed by atoms with E-state index in [4.69, 9.17) is 10.3 Å². The fourth-order valence-corrected chi connectivity index (χ4v) is 2.89. The SMILES string of the molecule is NS(=O)(=O)c1ccc(N=C(CO)Nc2ccc(S(N)(=O)=O)cc2)cc1. The van der Waals surface area contributed by atoms with Crippen LogP contribution >= 0.6 is 0 Å². The molecule has 0 aliphatic heterocycles. The van der Waals surface area contributed by atoms with Crippen LogP contribution in [0.25, 0.3) is 0 Å². The fourth-order valence-electron chi connectivity index (χ4n) is 1.86. The molecule has 134 valence electrons. The molecule has 6 N–H and O–H groups in total. The molecule has 11 heteroatoms. The molecule has 0 fully saturated rings. The summed E-state index contributed by atoms with van der Waals surface area (Å²) in [6.07, 6.45) is 0. The zero-order valence-electron chi connectivity index (χ0n) is 12.8. The minimum atomic E-state index is -3.79. The third-order valence-electron chi connectivity index (χ3n) is 3.05. The third kappa shape index (κ3) is 5.34. The van der Waals surface area contributed by atoms with Crippen molar-refractivity contribution in [3.8, 4) is 0 Å². The summed E-state index contributed by atoms with van der Waals surface area (Å²) in [7, 11) is -7.58. The predicted molar refractivity (Wildman–Crippen MR) is 93.4 cm³/mol. The highest BCUT2D eigenvalue weighted by atomic mass is 32.2. The van der Waals surface area contributed by atoms with E-state index in [9.17, 15) is 21.9 Å². The van der Waals surface area contributed by atoms with E-state index in [1.807, 2.05) is 0 Å². The van der Waals surface area contributed by atoms with Crippen LogP contribution in [-0.4, -0.2) is 34.4 Å². The van der Waals surface area contributed by atoms with Crippen LogP contribution in [0.1, 0.15) is 0 Å². The number of nitrogens with one attached hydrogen (secondary N) is 1. The largest absolute Gasteiger partial charge is 0.388 e. The number of nitrogens with two attached hydrogens (primary N) is 2. The average Bonchev–Trinajstić information content (AvgIpc) is 2.53. The second-order valence-corrected chi connectivity index (χ2v) is 8.07. The first-order valence-corrected chi connectivity index (χ1v) is 9.90. The first-order valence-electron chi connectivity index (χ1n) is 6.81. The first-order chi connectivity index (χ1) is 11.6. The summed E-state index contributed by atoms with van der Waals surface area (Å²) < 4.78 is 44.8. The molecule has 0 bridgehead atoms. The molecule has 0 amide bonds. The Morgan fingerprint density at radius 2 is 1.32 bits per heavy atom. The molecule has 9 nitrogen and oxygen atoms in total. The number of sulfonamides is 2. The van der Waals surface area contributed by atoms with Gasteiger partial charge in [-0.15, -0.1) is 0 Å². The molecule has 2 aromatic rings. The van der Waals surface area contributed by atoms with Crippen LogP contribution in [0, 0.1) is 0 Å². The minimum absolute atomic E-state index is 0.0425. The lowest BCUT2D eigenvalue weighted by atomic mass is 10.3. The average molecular weight is 384 g/mol. The second-order valence-electron chi connectivity index (χ2n) is 4.95. The van der Waals surface area contributed by atoms with E-state index in [0.717, 1.165) is 0 Å². The van der Waals surface area contributed by atoms with Crippen molar-refractivity contribution in [2.75, 3.05) is 11.9 Å². The number of aliphatic hydroxyl groups is 1. The number of anilines is 1. The molecule has 0 saturated heterocycles. The zero-order chi connectivity index (χ0) is 18.7. The normalized spacial score (nSPS) is 12.8. The Kier molecular flexibility index (Phi) is 5.55. The van der Waals surface area contributed by atoms with Crippen LogP contribution in [-0.2, 0) is 20.0 Å². The van der Waals surface area contributed by atoms with Crippen molar-refractivity contribution in [1.29, 1.82) is 0 Å². The summed E-state index contributed by atoms with van der Waals surface area (Å²) in [5.41, 5.74) is 0.881. The van der Waals surface area contributed by atoms with Gasteiger partial charge in [0.05, 0.1) is 15.5 Å². The molecule has 2 rings (SSSR count). The summed E-state index contributed by atoms with van der Waals surface area (Å²) in [5, 5.41) is 22.2. The summed E-state index contributed by atoms with van der Waals surface area (Å²) in [4.78, 5) is 4.05. The van der Waals surface area contributed by atoms with E-state index in [2.05, 4.69) is 10.3 Å². The number of aliphatic hydroxyl groups excluding tert-OH is 1. The van der Waals surface area contributed by atoms with Gasteiger partial charge < -0.3 is 10.4 Å². The molecule has 0 saturated carbocycles. The van der Waals surface area contributed by atoms with E-state index >= 15 is 0 Å². The van der Waals surface area contributed by atoms with Crippen molar-refractivity contribution >= 4 is 37.3 Å². The van der Waals surface area contributed by atoms with E-state index in [1.165, 1.54) is 48.5 Å². The Hall–Kier alpha value is -2.31. The summed E-state index contributed by atoms with van der Waals surface area (Å²) in [6, 6.07) is 11.0. The Bertz CT molecular complexity index is 983. The molecular weight excluding hydrogens is 368 g/mol. The molecule has 0 aliphatic rings.